The molecule has 0 saturated carbocycles. The highest BCUT2D eigenvalue weighted by Gasteiger charge is 2.32. The number of amides is 1. The fourth-order valence-electron chi connectivity index (χ4n) is 4.05. The summed E-state index contributed by atoms with van der Waals surface area (Å²) in [6.07, 6.45) is -0.353. The van der Waals surface area contributed by atoms with Gasteiger partial charge in [-0.25, -0.2) is 8.42 Å². The van der Waals surface area contributed by atoms with Crippen molar-refractivity contribution in [1.82, 2.24) is 8.87 Å². The Hall–Kier alpha value is -1.89. The molecule has 11 heteroatoms. The second-order valence-electron chi connectivity index (χ2n) is 8.37. The van der Waals surface area contributed by atoms with Gasteiger partial charge >= 0.3 is 0 Å². The van der Waals surface area contributed by atoms with Gasteiger partial charge in [0.15, 0.2) is 4.80 Å². The average molecular weight is 583 g/mol. The van der Waals surface area contributed by atoms with Crippen LogP contribution in [0.5, 0.6) is 0 Å². The molecule has 1 aliphatic rings. The highest BCUT2D eigenvalue weighted by Crippen LogP contribution is 2.23. The fourth-order valence-corrected chi connectivity index (χ4v) is 7.24. The van der Waals surface area contributed by atoms with Crippen LogP contribution >= 0.6 is 27.3 Å². The molecule has 0 N–H and O–H groups in total. The monoisotopic (exact) mass is 581 g/mol. The van der Waals surface area contributed by atoms with E-state index in [4.69, 9.17) is 9.47 Å². The summed E-state index contributed by atoms with van der Waals surface area (Å²) in [5.41, 5.74) is 1.29. The molecule has 35 heavy (non-hydrogen) atoms. The van der Waals surface area contributed by atoms with Crippen LogP contribution in [0.25, 0.3) is 10.2 Å². The van der Waals surface area contributed by atoms with Crippen molar-refractivity contribution in [3.05, 3.63) is 57.3 Å². The van der Waals surface area contributed by atoms with Crippen LogP contribution in [0.3, 0.4) is 0 Å². The Morgan fingerprint density at radius 2 is 1.86 bits per heavy atom. The number of morpholine rings is 1. The lowest BCUT2D eigenvalue weighted by atomic mass is 10.2. The van der Waals surface area contributed by atoms with Gasteiger partial charge in [-0.05, 0) is 63.2 Å². The Morgan fingerprint density at radius 3 is 2.51 bits per heavy atom. The summed E-state index contributed by atoms with van der Waals surface area (Å²) in [4.78, 5) is 18.1. The molecule has 2 atom stereocenters. The van der Waals surface area contributed by atoms with Crippen LogP contribution in [0.4, 0.5) is 0 Å². The number of aromatic nitrogens is 1. The Kier molecular flexibility index (Phi) is 8.24. The van der Waals surface area contributed by atoms with Crippen molar-refractivity contribution >= 4 is 53.4 Å². The van der Waals surface area contributed by atoms with Crippen LogP contribution in [0.2, 0.25) is 0 Å². The van der Waals surface area contributed by atoms with E-state index in [9.17, 15) is 13.2 Å². The number of benzene rings is 2. The van der Waals surface area contributed by atoms with Gasteiger partial charge in [-0.3, -0.25) is 4.79 Å². The summed E-state index contributed by atoms with van der Waals surface area (Å²) in [7, 11) is -3.68. The van der Waals surface area contributed by atoms with Gasteiger partial charge in [0.1, 0.15) is 0 Å². The molecule has 188 valence electrons. The highest BCUT2D eigenvalue weighted by atomic mass is 79.9. The molecule has 0 aliphatic carbocycles. The Bertz CT molecular complexity index is 1370. The van der Waals surface area contributed by atoms with E-state index in [1.807, 2.05) is 43.5 Å². The van der Waals surface area contributed by atoms with Gasteiger partial charge in [0.05, 0.1) is 33.9 Å². The molecule has 4 rings (SSSR count). The first-order valence-corrected chi connectivity index (χ1v) is 14.5. The van der Waals surface area contributed by atoms with Gasteiger partial charge in [0, 0.05) is 36.3 Å². The van der Waals surface area contributed by atoms with Crippen LogP contribution in [-0.4, -0.2) is 61.7 Å². The number of rotatable bonds is 7. The zero-order valence-electron chi connectivity index (χ0n) is 19.8. The maximum Gasteiger partial charge on any atom is 0.279 e. The van der Waals surface area contributed by atoms with Gasteiger partial charge in [0.2, 0.25) is 10.0 Å². The van der Waals surface area contributed by atoms with Crippen molar-refractivity contribution in [2.75, 3.05) is 26.3 Å². The molecule has 0 spiro atoms. The third kappa shape index (κ3) is 5.92. The lowest BCUT2D eigenvalue weighted by molar-refractivity contribution is -0.0440. The lowest BCUT2D eigenvalue weighted by Crippen LogP contribution is -2.48. The first kappa shape index (κ1) is 26.2. The summed E-state index contributed by atoms with van der Waals surface area (Å²) >= 11 is 4.91. The second-order valence-corrected chi connectivity index (χ2v) is 12.2. The first-order valence-electron chi connectivity index (χ1n) is 11.4. The van der Waals surface area contributed by atoms with Crippen LogP contribution in [0, 0.1) is 0 Å². The van der Waals surface area contributed by atoms with Gasteiger partial charge in [-0.15, -0.1) is 0 Å². The minimum absolute atomic E-state index is 0.147. The number of fused-ring (bicyclic) bond motifs is 1. The maximum absolute atomic E-state index is 13.1. The number of halogens is 1. The van der Waals surface area contributed by atoms with Crippen LogP contribution < -0.4 is 4.80 Å². The van der Waals surface area contributed by atoms with Crippen molar-refractivity contribution in [3.63, 3.8) is 0 Å². The average Bonchev–Trinajstić information content (AvgIpc) is 3.14. The molecule has 1 fully saturated rings. The van der Waals surface area contributed by atoms with E-state index in [-0.39, 0.29) is 17.1 Å². The zero-order valence-corrected chi connectivity index (χ0v) is 23.0. The predicted molar refractivity (Wildman–Crippen MR) is 139 cm³/mol. The number of sulfonamides is 1. The number of ether oxygens (including phenoxy) is 2. The van der Waals surface area contributed by atoms with Crippen LogP contribution in [0.1, 0.15) is 31.1 Å². The molecular formula is C24H28BrN3O5S2. The standard InChI is InChI=1S/C24H28BrN3O5S2/c1-4-32-12-11-28-21-10-7-19(25)13-22(21)34-24(28)26-23(29)18-5-8-20(9-6-18)35(30,31)27-14-16(2)33-17(3)15-27/h5-10,13,16-17H,4,11-12,14-15H2,1-3H3. The van der Waals surface area contributed by atoms with Crippen molar-refractivity contribution < 1.29 is 22.7 Å². The second kappa shape index (κ2) is 11.0. The molecule has 2 unspecified atom stereocenters. The van der Waals surface area contributed by atoms with E-state index in [1.54, 1.807) is 0 Å². The first-order chi connectivity index (χ1) is 16.7. The number of nitrogens with zero attached hydrogens (tertiary/aromatic N) is 3. The predicted octanol–water partition coefficient (Wildman–Crippen LogP) is 4.04. The summed E-state index contributed by atoms with van der Waals surface area (Å²) in [6, 6.07) is 11.9. The molecule has 8 nitrogen and oxygen atoms in total. The summed E-state index contributed by atoms with van der Waals surface area (Å²) < 4.78 is 42.7. The summed E-state index contributed by atoms with van der Waals surface area (Å²) in [5.74, 6) is -0.432. The summed E-state index contributed by atoms with van der Waals surface area (Å²) in [5, 5.41) is 0. The number of hydrogen-bond donors (Lipinski definition) is 0. The molecule has 1 aliphatic heterocycles. The normalized spacial score (nSPS) is 19.9. The van der Waals surface area contributed by atoms with Gasteiger partial charge in [-0.1, -0.05) is 27.3 Å². The molecule has 1 aromatic heterocycles. The summed E-state index contributed by atoms with van der Waals surface area (Å²) in [6.45, 7) is 7.92. The molecule has 2 aromatic carbocycles. The highest BCUT2D eigenvalue weighted by molar-refractivity contribution is 9.10. The van der Waals surface area contributed by atoms with E-state index >= 15 is 0 Å². The topological polar surface area (TPSA) is 90.2 Å². The number of thiazole rings is 1. The minimum atomic E-state index is -3.68. The van der Waals surface area contributed by atoms with E-state index in [0.717, 1.165) is 14.7 Å². The number of hydrogen-bond acceptors (Lipinski definition) is 6. The maximum atomic E-state index is 13.1. The quantitative estimate of drug-likeness (QED) is 0.393. The van der Waals surface area contributed by atoms with Crippen molar-refractivity contribution in [3.8, 4) is 0 Å². The van der Waals surface area contributed by atoms with E-state index in [0.29, 0.717) is 43.2 Å². The molecule has 2 heterocycles. The zero-order chi connectivity index (χ0) is 25.2. The minimum Gasteiger partial charge on any atom is -0.380 e. The smallest absolute Gasteiger partial charge is 0.279 e. The number of carbonyl (C=O) groups is 1. The van der Waals surface area contributed by atoms with Gasteiger partial charge in [-0.2, -0.15) is 9.30 Å². The van der Waals surface area contributed by atoms with Crippen LogP contribution in [0.15, 0.2) is 56.8 Å². The van der Waals surface area contributed by atoms with Crippen molar-refractivity contribution in [1.29, 1.82) is 0 Å². The van der Waals surface area contributed by atoms with E-state index in [2.05, 4.69) is 20.9 Å². The fraction of sp³-hybridized carbons (Fsp3) is 0.417. The van der Waals surface area contributed by atoms with E-state index in [1.165, 1.54) is 39.9 Å². The molecule has 0 radical (unpaired) electrons. The molecular weight excluding hydrogens is 554 g/mol. The molecule has 3 aromatic rings. The van der Waals surface area contributed by atoms with Gasteiger partial charge in [0.25, 0.3) is 5.91 Å². The largest absolute Gasteiger partial charge is 0.380 e. The Balaban J connectivity index is 1.62. The molecule has 1 saturated heterocycles. The number of carbonyl (C=O) groups excluding carboxylic acids is 1. The lowest BCUT2D eigenvalue weighted by Gasteiger charge is -2.34. The molecule has 0 bridgehead atoms. The Labute approximate surface area is 217 Å². The molecule has 1 amide bonds. The third-order valence-electron chi connectivity index (χ3n) is 5.63. The van der Waals surface area contributed by atoms with Crippen LogP contribution in [-0.2, 0) is 26.0 Å². The third-order valence-corrected chi connectivity index (χ3v) is 9.01. The van der Waals surface area contributed by atoms with Crippen molar-refractivity contribution in [2.45, 2.75) is 44.4 Å². The van der Waals surface area contributed by atoms with Gasteiger partial charge < -0.3 is 14.0 Å². The van der Waals surface area contributed by atoms with Crippen molar-refractivity contribution in [2.24, 2.45) is 4.99 Å². The Morgan fingerprint density at radius 1 is 1.17 bits per heavy atom. The van der Waals surface area contributed by atoms with E-state index < -0.39 is 15.9 Å². The SMILES string of the molecule is CCOCCn1c(=NC(=O)c2ccc(S(=O)(=O)N3CC(C)OC(C)C3)cc2)sc2cc(Br)ccc21.